The first kappa shape index (κ1) is 19.2. The number of nitrogens with one attached hydrogen (secondary N) is 1. The van der Waals surface area contributed by atoms with E-state index in [4.69, 9.17) is 0 Å². The molecular formula is C20H18N4O3S. The van der Waals surface area contributed by atoms with Gasteiger partial charge in [0.25, 0.3) is 15.9 Å². The Morgan fingerprint density at radius 2 is 1.75 bits per heavy atom. The quantitative estimate of drug-likeness (QED) is 0.514. The van der Waals surface area contributed by atoms with Crippen molar-refractivity contribution in [3.05, 3.63) is 90.3 Å². The lowest BCUT2D eigenvalue weighted by atomic mass is 10.2. The highest BCUT2D eigenvalue weighted by Gasteiger charge is 2.21. The molecule has 1 aromatic heterocycles. The minimum absolute atomic E-state index is 0.198. The van der Waals surface area contributed by atoms with E-state index >= 15 is 0 Å². The fraction of sp³-hybridized carbons (Fsp3) is 0.0500. The summed E-state index contributed by atoms with van der Waals surface area (Å²) in [5.41, 5.74) is 3.98. The van der Waals surface area contributed by atoms with Gasteiger partial charge in [0.1, 0.15) is 0 Å². The van der Waals surface area contributed by atoms with Crippen molar-refractivity contribution >= 4 is 27.8 Å². The molecule has 0 radical (unpaired) electrons. The number of rotatable bonds is 6. The van der Waals surface area contributed by atoms with Crippen LogP contribution < -0.4 is 9.73 Å². The van der Waals surface area contributed by atoms with Crippen LogP contribution in [-0.4, -0.2) is 32.6 Å². The smallest absolute Gasteiger partial charge is 0.269 e. The summed E-state index contributed by atoms with van der Waals surface area (Å²) in [5, 5.41) is 3.88. The van der Waals surface area contributed by atoms with Gasteiger partial charge in [-0.2, -0.15) is 5.10 Å². The Hall–Kier alpha value is -3.52. The van der Waals surface area contributed by atoms with Gasteiger partial charge in [-0.1, -0.05) is 24.3 Å². The molecular weight excluding hydrogens is 376 g/mol. The predicted octanol–water partition coefficient (Wildman–Crippen LogP) is 2.67. The van der Waals surface area contributed by atoms with Crippen molar-refractivity contribution in [2.24, 2.45) is 5.10 Å². The summed E-state index contributed by atoms with van der Waals surface area (Å²) in [6, 6.07) is 18.0. The van der Waals surface area contributed by atoms with Crippen LogP contribution in [0, 0.1) is 0 Å². The largest absolute Gasteiger partial charge is 0.271 e. The molecule has 8 heteroatoms. The predicted molar refractivity (Wildman–Crippen MR) is 108 cm³/mol. The van der Waals surface area contributed by atoms with E-state index in [0.717, 1.165) is 5.56 Å². The fourth-order valence-corrected chi connectivity index (χ4v) is 3.61. The van der Waals surface area contributed by atoms with Crippen molar-refractivity contribution < 1.29 is 13.2 Å². The second-order valence-corrected chi connectivity index (χ2v) is 7.79. The van der Waals surface area contributed by atoms with Crippen LogP contribution in [0.15, 0.2) is 89.1 Å². The molecule has 3 aromatic rings. The fourth-order valence-electron chi connectivity index (χ4n) is 2.39. The molecule has 0 fully saturated rings. The molecule has 0 bridgehead atoms. The summed E-state index contributed by atoms with van der Waals surface area (Å²) < 4.78 is 26.5. The van der Waals surface area contributed by atoms with E-state index in [-0.39, 0.29) is 4.90 Å². The average Bonchev–Trinajstić information content (AvgIpc) is 2.74. The summed E-state index contributed by atoms with van der Waals surface area (Å²) in [7, 11) is -2.20. The van der Waals surface area contributed by atoms with Crippen LogP contribution in [0.4, 0.5) is 5.69 Å². The first-order chi connectivity index (χ1) is 13.5. The molecule has 0 spiro atoms. The van der Waals surface area contributed by atoms with Crippen LogP contribution in [-0.2, 0) is 10.0 Å². The minimum atomic E-state index is -3.67. The Kier molecular flexibility index (Phi) is 5.81. The maximum Gasteiger partial charge on any atom is 0.271 e. The molecule has 0 aliphatic carbocycles. The normalized spacial score (nSPS) is 11.3. The summed E-state index contributed by atoms with van der Waals surface area (Å²) >= 11 is 0. The number of anilines is 1. The third kappa shape index (κ3) is 4.41. The monoisotopic (exact) mass is 394 g/mol. The molecule has 0 aliphatic heterocycles. The van der Waals surface area contributed by atoms with Gasteiger partial charge < -0.3 is 0 Å². The van der Waals surface area contributed by atoms with E-state index in [1.807, 2.05) is 0 Å². The van der Waals surface area contributed by atoms with E-state index < -0.39 is 15.9 Å². The van der Waals surface area contributed by atoms with Crippen LogP contribution >= 0.6 is 0 Å². The van der Waals surface area contributed by atoms with Crippen molar-refractivity contribution in [3.63, 3.8) is 0 Å². The maximum atomic E-state index is 12.6. The van der Waals surface area contributed by atoms with Crippen LogP contribution in [0.2, 0.25) is 0 Å². The topological polar surface area (TPSA) is 91.7 Å². The molecule has 1 amide bonds. The Bertz CT molecular complexity index is 1070. The van der Waals surface area contributed by atoms with Gasteiger partial charge in [-0.25, -0.2) is 13.8 Å². The number of aromatic nitrogens is 1. The second kappa shape index (κ2) is 8.45. The number of hydrogen-bond acceptors (Lipinski definition) is 5. The third-order valence-corrected chi connectivity index (χ3v) is 5.76. The zero-order valence-electron chi connectivity index (χ0n) is 15.1. The molecule has 0 saturated heterocycles. The molecule has 7 nitrogen and oxygen atoms in total. The number of hydrazone groups is 1. The molecule has 2 aromatic carbocycles. The Morgan fingerprint density at radius 3 is 2.39 bits per heavy atom. The Balaban J connectivity index is 1.69. The average molecular weight is 394 g/mol. The molecule has 0 atom stereocenters. The number of carbonyl (C=O) groups excluding carboxylic acids is 1. The maximum absolute atomic E-state index is 12.6. The minimum Gasteiger partial charge on any atom is -0.269 e. The summed E-state index contributed by atoms with van der Waals surface area (Å²) in [5.74, 6) is -0.403. The molecule has 3 rings (SSSR count). The zero-order valence-corrected chi connectivity index (χ0v) is 15.9. The van der Waals surface area contributed by atoms with Gasteiger partial charge in [-0.3, -0.25) is 14.1 Å². The lowest BCUT2D eigenvalue weighted by molar-refractivity contribution is 0.0955. The van der Waals surface area contributed by atoms with Crippen molar-refractivity contribution in [2.75, 3.05) is 11.4 Å². The summed E-state index contributed by atoms with van der Waals surface area (Å²) in [4.78, 5) is 16.3. The molecule has 0 aliphatic rings. The van der Waals surface area contributed by atoms with Crippen molar-refractivity contribution in [2.45, 2.75) is 4.90 Å². The molecule has 0 saturated carbocycles. The van der Waals surface area contributed by atoms with Gasteiger partial charge in [0.15, 0.2) is 0 Å². The van der Waals surface area contributed by atoms with Gasteiger partial charge in [0, 0.05) is 30.6 Å². The van der Waals surface area contributed by atoms with Gasteiger partial charge in [-0.15, -0.1) is 0 Å². The van der Waals surface area contributed by atoms with Gasteiger partial charge >= 0.3 is 0 Å². The Labute approximate surface area is 163 Å². The van der Waals surface area contributed by atoms with Gasteiger partial charge in [-0.05, 0) is 42.5 Å². The van der Waals surface area contributed by atoms with E-state index in [1.54, 1.807) is 67.0 Å². The van der Waals surface area contributed by atoms with Gasteiger partial charge in [0.05, 0.1) is 16.8 Å². The molecule has 142 valence electrons. The molecule has 28 heavy (non-hydrogen) atoms. The molecule has 1 N–H and O–H groups in total. The first-order valence-corrected chi connectivity index (χ1v) is 9.80. The van der Waals surface area contributed by atoms with Crippen molar-refractivity contribution in [1.29, 1.82) is 0 Å². The van der Waals surface area contributed by atoms with Gasteiger partial charge in [0.2, 0.25) is 0 Å². The lowest BCUT2D eigenvalue weighted by Crippen LogP contribution is -2.26. The van der Waals surface area contributed by atoms with E-state index in [2.05, 4.69) is 15.5 Å². The molecule has 1 heterocycles. The highest BCUT2D eigenvalue weighted by molar-refractivity contribution is 7.92. The zero-order chi connectivity index (χ0) is 20.0. The van der Waals surface area contributed by atoms with E-state index in [0.29, 0.717) is 11.3 Å². The molecule has 0 unspecified atom stereocenters. The number of nitrogens with zero attached hydrogens (tertiary/aromatic N) is 3. The van der Waals surface area contributed by atoms with Crippen LogP contribution in [0.5, 0.6) is 0 Å². The Morgan fingerprint density at radius 1 is 1.04 bits per heavy atom. The third-order valence-electron chi connectivity index (χ3n) is 3.96. The van der Waals surface area contributed by atoms with Crippen LogP contribution in [0.25, 0.3) is 0 Å². The number of hydrogen-bond donors (Lipinski definition) is 1. The summed E-state index contributed by atoms with van der Waals surface area (Å²) in [6.45, 7) is 0. The number of amides is 1. The standard InChI is InChI=1S/C20H18N4O3S/c1-24(28(26,27)19-7-3-2-4-8-19)18-11-9-17(10-12-18)20(25)23-22-15-16-6-5-13-21-14-16/h2-15H,1H3,(H,23,25)/b22-15-. The summed E-state index contributed by atoms with van der Waals surface area (Å²) in [6.07, 6.45) is 4.75. The number of pyridine rings is 1. The van der Waals surface area contributed by atoms with Crippen molar-refractivity contribution in [3.8, 4) is 0 Å². The number of benzene rings is 2. The highest BCUT2D eigenvalue weighted by Crippen LogP contribution is 2.22. The SMILES string of the molecule is CN(c1ccc(C(=O)N/N=C\c2cccnc2)cc1)S(=O)(=O)c1ccccc1. The number of sulfonamides is 1. The van der Waals surface area contributed by atoms with E-state index in [9.17, 15) is 13.2 Å². The van der Waals surface area contributed by atoms with Crippen LogP contribution in [0.3, 0.4) is 0 Å². The lowest BCUT2D eigenvalue weighted by Gasteiger charge is -2.19. The first-order valence-electron chi connectivity index (χ1n) is 8.36. The highest BCUT2D eigenvalue weighted by atomic mass is 32.2. The van der Waals surface area contributed by atoms with Crippen LogP contribution in [0.1, 0.15) is 15.9 Å². The second-order valence-electron chi connectivity index (χ2n) is 5.82. The van der Waals surface area contributed by atoms with Crippen molar-refractivity contribution in [1.82, 2.24) is 10.4 Å². The van der Waals surface area contributed by atoms with E-state index in [1.165, 1.54) is 29.7 Å². The number of carbonyl (C=O) groups is 1.